The van der Waals surface area contributed by atoms with Crippen molar-refractivity contribution in [1.29, 1.82) is 0 Å². The Morgan fingerprint density at radius 2 is 2.00 bits per heavy atom. The van der Waals surface area contributed by atoms with Crippen LogP contribution in [0.5, 0.6) is 5.75 Å². The predicted molar refractivity (Wildman–Crippen MR) is 63.5 cm³/mol. The summed E-state index contributed by atoms with van der Waals surface area (Å²) in [5, 5.41) is 2.88. The van der Waals surface area contributed by atoms with Crippen molar-refractivity contribution < 1.29 is 9.13 Å². The van der Waals surface area contributed by atoms with E-state index in [1.807, 2.05) is 0 Å². The molecule has 2 aromatic rings. The van der Waals surface area contributed by atoms with Gasteiger partial charge in [-0.2, -0.15) is 0 Å². The summed E-state index contributed by atoms with van der Waals surface area (Å²) in [5.74, 6) is 0.555. The van der Waals surface area contributed by atoms with Gasteiger partial charge in [0.2, 0.25) is 0 Å². The highest BCUT2D eigenvalue weighted by atomic mass is 19.1. The highest BCUT2D eigenvalue weighted by Crippen LogP contribution is 2.34. The molecule has 1 N–H and O–H groups in total. The summed E-state index contributed by atoms with van der Waals surface area (Å²) < 4.78 is 19.0. The Bertz CT molecular complexity index is 531. The van der Waals surface area contributed by atoms with E-state index < -0.39 is 0 Å². The van der Waals surface area contributed by atoms with Crippen molar-refractivity contribution in [3.63, 3.8) is 0 Å². The molecule has 17 heavy (non-hydrogen) atoms. The summed E-state index contributed by atoms with van der Waals surface area (Å²) >= 11 is 0. The Labute approximate surface area is 98.5 Å². The normalized spacial score (nSPS) is 10.1. The fourth-order valence-corrected chi connectivity index (χ4v) is 1.61. The zero-order chi connectivity index (χ0) is 12.3. The Balaban J connectivity index is 2.67. The molecule has 0 atom stereocenters. The Morgan fingerprint density at radius 1 is 1.24 bits per heavy atom. The summed E-state index contributed by atoms with van der Waals surface area (Å²) in [4.78, 5) is 8.24. The van der Waals surface area contributed by atoms with Crippen molar-refractivity contribution in [2.24, 2.45) is 0 Å². The quantitative estimate of drug-likeness (QED) is 0.883. The lowest BCUT2D eigenvalue weighted by molar-refractivity contribution is 0.413. The molecule has 0 bridgehead atoms. The predicted octanol–water partition coefficient (Wildman–Crippen LogP) is 2.33. The first-order chi connectivity index (χ1) is 8.27. The maximum Gasteiger partial charge on any atom is 0.152 e. The molecular weight excluding hydrogens is 221 g/mol. The van der Waals surface area contributed by atoms with Crippen LogP contribution in [-0.4, -0.2) is 24.1 Å². The van der Waals surface area contributed by atoms with E-state index in [2.05, 4.69) is 15.3 Å². The number of nitrogens with one attached hydrogen (secondary N) is 1. The first-order valence-corrected chi connectivity index (χ1v) is 5.09. The van der Waals surface area contributed by atoms with Crippen LogP contribution in [0.3, 0.4) is 0 Å². The van der Waals surface area contributed by atoms with Gasteiger partial charge in [0, 0.05) is 19.4 Å². The molecule has 0 unspecified atom stereocenters. The van der Waals surface area contributed by atoms with Crippen molar-refractivity contribution in [3.05, 3.63) is 36.4 Å². The average Bonchev–Trinajstić information content (AvgIpc) is 2.38. The molecule has 0 radical (unpaired) electrons. The highest BCUT2D eigenvalue weighted by molar-refractivity contribution is 5.76. The van der Waals surface area contributed by atoms with Crippen LogP contribution in [0.1, 0.15) is 0 Å². The third-order valence-electron chi connectivity index (χ3n) is 2.37. The lowest BCUT2D eigenvalue weighted by Gasteiger charge is -2.11. The van der Waals surface area contributed by atoms with Gasteiger partial charge in [-0.3, -0.25) is 4.98 Å². The van der Waals surface area contributed by atoms with Gasteiger partial charge in [-0.25, -0.2) is 9.37 Å². The van der Waals surface area contributed by atoms with Crippen LogP contribution in [-0.2, 0) is 0 Å². The zero-order valence-electron chi connectivity index (χ0n) is 9.57. The topological polar surface area (TPSA) is 47.0 Å². The van der Waals surface area contributed by atoms with Gasteiger partial charge in [0.1, 0.15) is 17.3 Å². The molecule has 1 aromatic carbocycles. The number of rotatable bonds is 3. The van der Waals surface area contributed by atoms with E-state index in [0.29, 0.717) is 22.8 Å². The Hall–Kier alpha value is -2.17. The molecule has 0 amide bonds. The first-order valence-electron chi connectivity index (χ1n) is 5.09. The molecule has 88 valence electrons. The summed E-state index contributed by atoms with van der Waals surface area (Å²) in [6.07, 6.45) is 3.06. The van der Waals surface area contributed by atoms with Crippen LogP contribution in [0.15, 0.2) is 30.6 Å². The standard InChI is InChI=1S/C12H12FN3O/c1-14-12-11(15-6-7-16-12)10-8(13)4-3-5-9(10)17-2/h3-7H,1-2H3,(H,14,16). The fourth-order valence-electron chi connectivity index (χ4n) is 1.61. The average molecular weight is 233 g/mol. The summed E-state index contributed by atoms with van der Waals surface area (Å²) in [6.45, 7) is 0. The first kappa shape index (κ1) is 11.3. The van der Waals surface area contributed by atoms with E-state index in [4.69, 9.17) is 4.74 Å². The third-order valence-corrected chi connectivity index (χ3v) is 2.37. The molecule has 4 nitrogen and oxygen atoms in total. The van der Waals surface area contributed by atoms with Crippen LogP contribution in [0.4, 0.5) is 10.2 Å². The minimum absolute atomic E-state index is 0.312. The van der Waals surface area contributed by atoms with Crippen molar-refractivity contribution in [3.8, 4) is 17.0 Å². The number of methoxy groups -OCH3 is 1. The van der Waals surface area contributed by atoms with Crippen LogP contribution in [0.25, 0.3) is 11.3 Å². The molecule has 0 spiro atoms. The van der Waals surface area contributed by atoms with Gasteiger partial charge in [0.05, 0.1) is 12.7 Å². The van der Waals surface area contributed by atoms with Gasteiger partial charge < -0.3 is 10.1 Å². The zero-order valence-corrected chi connectivity index (χ0v) is 9.57. The number of aromatic nitrogens is 2. The number of nitrogens with zero attached hydrogens (tertiary/aromatic N) is 2. The van der Waals surface area contributed by atoms with E-state index in [1.54, 1.807) is 25.4 Å². The minimum atomic E-state index is -0.388. The molecule has 0 fully saturated rings. The summed E-state index contributed by atoms with van der Waals surface area (Å²) in [5.41, 5.74) is 0.748. The lowest BCUT2D eigenvalue weighted by Crippen LogP contribution is -2.00. The summed E-state index contributed by atoms with van der Waals surface area (Å²) in [7, 11) is 3.20. The molecule has 0 saturated heterocycles. The van der Waals surface area contributed by atoms with Crippen LogP contribution in [0, 0.1) is 5.82 Å². The molecule has 2 rings (SSSR count). The largest absolute Gasteiger partial charge is 0.496 e. The van der Waals surface area contributed by atoms with Gasteiger partial charge in [-0.05, 0) is 12.1 Å². The van der Waals surface area contributed by atoms with Gasteiger partial charge in [0.25, 0.3) is 0 Å². The van der Waals surface area contributed by atoms with Crippen molar-refractivity contribution in [2.45, 2.75) is 0 Å². The minimum Gasteiger partial charge on any atom is -0.496 e. The molecule has 5 heteroatoms. The summed E-state index contributed by atoms with van der Waals surface area (Å²) in [6, 6.07) is 4.64. The molecule has 0 aliphatic rings. The smallest absolute Gasteiger partial charge is 0.152 e. The monoisotopic (exact) mass is 233 g/mol. The highest BCUT2D eigenvalue weighted by Gasteiger charge is 2.16. The van der Waals surface area contributed by atoms with Crippen molar-refractivity contribution >= 4 is 5.82 Å². The maximum absolute atomic E-state index is 13.9. The van der Waals surface area contributed by atoms with Crippen LogP contribution >= 0.6 is 0 Å². The van der Waals surface area contributed by atoms with E-state index in [-0.39, 0.29) is 5.82 Å². The number of benzene rings is 1. The van der Waals surface area contributed by atoms with Crippen molar-refractivity contribution in [1.82, 2.24) is 9.97 Å². The number of halogens is 1. The van der Waals surface area contributed by atoms with E-state index in [1.165, 1.54) is 19.4 Å². The number of anilines is 1. The number of hydrogen-bond donors (Lipinski definition) is 1. The molecule has 0 saturated carbocycles. The van der Waals surface area contributed by atoms with Gasteiger partial charge in [-0.15, -0.1) is 0 Å². The molecule has 0 aliphatic carbocycles. The lowest BCUT2D eigenvalue weighted by atomic mass is 10.1. The van der Waals surface area contributed by atoms with Crippen LogP contribution < -0.4 is 10.1 Å². The SMILES string of the molecule is CNc1nccnc1-c1c(F)cccc1OC. The van der Waals surface area contributed by atoms with Gasteiger partial charge in [-0.1, -0.05) is 6.07 Å². The van der Waals surface area contributed by atoms with Gasteiger partial charge >= 0.3 is 0 Å². The Kier molecular flexibility index (Phi) is 3.18. The Morgan fingerprint density at radius 3 is 2.71 bits per heavy atom. The van der Waals surface area contributed by atoms with E-state index in [0.717, 1.165) is 0 Å². The fraction of sp³-hybridized carbons (Fsp3) is 0.167. The number of ether oxygens (including phenoxy) is 1. The third kappa shape index (κ3) is 2.04. The molecule has 1 heterocycles. The molecule has 0 aliphatic heterocycles. The van der Waals surface area contributed by atoms with Crippen molar-refractivity contribution in [2.75, 3.05) is 19.5 Å². The number of hydrogen-bond acceptors (Lipinski definition) is 4. The molecular formula is C12H12FN3O. The van der Waals surface area contributed by atoms with Gasteiger partial charge in [0.15, 0.2) is 5.82 Å². The second-order valence-corrected chi connectivity index (χ2v) is 3.32. The van der Waals surface area contributed by atoms with E-state index >= 15 is 0 Å². The van der Waals surface area contributed by atoms with E-state index in [9.17, 15) is 4.39 Å². The molecule has 1 aromatic heterocycles. The second kappa shape index (κ2) is 4.78. The van der Waals surface area contributed by atoms with Crippen LogP contribution in [0.2, 0.25) is 0 Å². The second-order valence-electron chi connectivity index (χ2n) is 3.32. The maximum atomic E-state index is 13.9.